The first kappa shape index (κ1) is 11.8. The molecule has 0 aromatic carbocycles. The maximum Gasteiger partial charge on any atom is 0.247 e. The number of amides is 1. The van der Waals surface area contributed by atoms with Crippen LogP contribution in [0.4, 0.5) is 0 Å². The van der Waals surface area contributed by atoms with Crippen LogP contribution in [0.1, 0.15) is 13.3 Å². The normalized spacial score (nSPS) is 36.4. The van der Waals surface area contributed by atoms with Gasteiger partial charge in [0.25, 0.3) is 0 Å². The Morgan fingerprint density at radius 3 is 3.12 bits per heavy atom. The van der Waals surface area contributed by atoms with E-state index in [1.54, 1.807) is 0 Å². The van der Waals surface area contributed by atoms with E-state index in [1.165, 1.54) is 6.42 Å². The van der Waals surface area contributed by atoms with Gasteiger partial charge >= 0.3 is 0 Å². The Kier molecular flexibility index (Phi) is 3.47. The maximum absolute atomic E-state index is 11.1. The van der Waals surface area contributed by atoms with Gasteiger partial charge in [-0.05, 0) is 18.4 Å². The third-order valence-electron chi connectivity index (χ3n) is 3.53. The van der Waals surface area contributed by atoms with Crippen LogP contribution in [-0.2, 0) is 9.53 Å². The smallest absolute Gasteiger partial charge is 0.247 e. The maximum atomic E-state index is 11.1. The molecule has 5 nitrogen and oxygen atoms in total. The van der Waals surface area contributed by atoms with Crippen molar-refractivity contribution in [3.8, 4) is 0 Å². The largest absolute Gasteiger partial charge is 0.367 e. The number of morpholine rings is 1. The first-order valence-electron chi connectivity index (χ1n) is 5.93. The van der Waals surface area contributed by atoms with Crippen LogP contribution in [0.2, 0.25) is 0 Å². The fourth-order valence-electron chi connectivity index (χ4n) is 2.56. The predicted octanol–water partition coefficient (Wildman–Crippen LogP) is -0.828. The Morgan fingerprint density at radius 1 is 1.69 bits per heavy atom. The molecule has 3 N–H and O–H groups in total. The van der Waals surface area contributed by atoms with Gasteiger partial charge in [0.2, 0.25) is 5.91 Å². The summed E-state index contributed by atoms with van der Waals surface area (Å²) in [6.07, 6.45) is 0.776. The molecule has 0 spiro atoms. The standard InChI is InChI=1S/C11H21N3O2/c1-11(2-3-13-7-11)8-14-4-5-16-9(6-14)10(12)15/h9,13H,2-8H2,1H3,(H2,12,15). The van der Waals surface area contributed by atoms with Crippen LogP contribution in [0.5, 0.6) is 0 Å². The van der Waals surface area contributed by atoms with Gasteiger partial charge in [0.1, 0.15) is 6.10 Å². The van der Waals surface area contributed by atoms with Gasteiger partial charge in [-0.15, -0.1) is 0 Å². The van der Waals surface area contributed by atoms with E-state index < -0.39 is 6.10 Å². The molecule has 16 heavy (non-hydrogen) atoms. The van der Waals surface area contributed by atoms with E-state index in [0.29, 0.717) is 18.6 Å². The van der Waals surface area contributed by atoms with Gasteiger partial charge in [-0.25, -0.2) is 0 Å². The van der Waals surface area contributed by atoms with Gasteiger partial charge in [-0.1, -0.05) is 6.92 Å². The van der Waals surface area contributed by atoms with Crippen molar-refractivity contribution >= 4 is 5.91 Å². The molecule has 1 amide bonds. The van der Waals surface area contributed by atoms with Crippen LogP contribution in [0.3, 0.4) is 0 Å². The summed E-state index contributed by atoms with van der Waals surface area (Å²) >= 11 is 0. The van der Waals surface area contributed by atoms with Crippen molar-refractivity contribution in [3.63, 3.8) is 0 Å². The monoisotopic (exact) mass is 227 g/mol. The second kappa shape index (κ2) is 4.69. The number of rotatable bonds is 3. The summed E-state index contributed by atoms with van der Waals surface area (Å²) in [6.45, 7) is 7.63. The van der Waals surface area contributed by atoms with Gasteiger partial charge in [0.15, 0.2) is 0 Å². The fourth-order valence-corrected chi connectivity index (χ4v) is 2.56. The molecule has 2 rings (SSSR count). The van der Waals surface area contributed by atoms with Crippen LogP contribution in [0, 0.1) is 5.41 Å². The molecule has 2 fully saturated rings. The molecule has 0 aromatic heterocycles. The van der Waals surface area contributed by atoms with Crippen LogP contribution >= 0.6 is 0 Å². The van der Waals surface area contributed by atoms with E-state index >= 15 is 0 Å². The van der Waals surface area contributed by atoms with E-state index in [1.807, 2.05) is 0 Å². The number of hydrogen-bond donors (Lipinski definition) is 2. The predicted molar refractivity (Wildman–Crippen MR) is 61.0 cm³/mol. The van der Waals surface area contributed by atoms with E-state index in [9.17, 15) is 4.79 Å². The molecule has 2 heterocycles. The number of nitrogens with zero attached hydrogens (tertiary/aromatic N) is 1. The van der Waals surface area contributed by atoms with E-state index in [2.05, 4.69) is 17.1 Å². The first-order chi connectivity index (χ1) is 7.59. The molecule has 0 aromatic rings. The number of hydrogen-bond acceptors (Lipinski definition) is 4. The first-order valence-corrected chi connectivity index (χ1v) is 5.93. The molecular formula is C11H21N3O2. The number of carbonyl (C=O) groups is 1. The van der Waals surface area contributed by atoms with Gasteiger partial charge < -0.3 is 15.8 Å². The number of carbonyl (C=O) groups excluding carboxylic acids is 1. The number of primary amides is 1. The Morgan fingerprint density at radius 2 is 2.50 bits per heavy atom. The third-order valence-corrected chi connectivity index (χ3v) is 3.53. The Balaban J connectivity index is 1.87. The molecule has 0 aliphatic carbocycles. The minimum absolute atomic E-state index is 0.333. The summed E-state index contributed by atoms with van der Waals surface area (Å²) in [5, 5.41) is 3.39. The van der Waals surface area contributed by atoms with Crippen LogP contribution in [0.15, 0.2) is 0 Å². The molecule has 92 valence electrons. The van der Waals surface area contributed by atoms with E-state index in [4.69, 9.17) is 10.5 Å². The van der Waals surface area contributed by atoms with Crippen molar-refractivity contribution < 1.29 is 9.53 Å². The zero-order valence-corrected chi connectivity index (χ0v) is 9.87. The lowest BCUT2D eigenvalue weighted by molar-refractivity contribution is -0.135. The molecule has 2 aliphatic heterocycles. The minimum atomic E-state index is -0.424. The average Bonchev–Trinajstić information content (AvgIpc) is 2.65. The topological polar surface area (TPSA) is 67.6 Å². The summed E-state index contributed by atoms with van der Waals surface area (Å²) in [6, 6.07) is 0. The van der Waals surface area contributed by atoms with Crippen LogP contribution in [-0.4, -0.2) is 56.2 Å². The van der Waals surface area contributed by atoms with Crippen molar-refractivity contribution in [2.75, 3.05) is 39.3 Å². The molecule has 0 radical (unpaired) electrons. The highest BCUT2D eigenvalue weighted by atomic mass is 16.5. The number of ether oxygens (including phenoxy) is 1. The molecule has 5 heteroatoms. The number of nitrogens with two attached hydrogens (primary N) is 1. The summed E-state index contributed by atoms with van der Waals surface area (Å²) in [5.41, 5.74) is 5.60. The van der Waals surface area contributed by atoms with Gasteiger partial charge in [-0.2, -0.15) is 0 Å². The van der Waals surface area contributed by atoms with Crippen molar-refractivity contribution in [1.82, 2.24) is 10.2 Å². The highest BCUT2D eigenvalue weighted by Gasteiger charge is 2.33. The van der Waals surface area contributed by atoms with Crippen LogP contribution in [0.25, 0.3) is 0 Å². The Bertz CT molecular complexity index is 264. The zero-order chi connectivity index (χ0) is 11.6. The summed E-state index contributed by atoms with van der Waals surface area (Å²) in [5.74, 6) is -0.348. The fraction of sp³-hybridized carbons (Fsp3) is 0.909. The lowest BCUT2D eigenvalue weighted by atomic mass is 9.89. The minimum Gasteiger partial charge on any atom is -0.367 e. The second-order valence-electron chi connectivity index (χ2n) is 5.23. The summed E-state index contributed by atoms with van der Waals surface area (Å²) < 4.78 is 5.34. The molecule has 0 bridgehead atoms. The molecule has 2 unspecified atom stereocenters. The molecular weight excluding hydrogens is 206 g/mol. The van der Waals surface area contributed by atoms with Gasteiger partial charge in [0.05, 0.1) is 6.61 Å². The summed E-state index contributed by atoms with van der Waals surface area (Å²) in [4.78, 5) is 13.4. The molecule has 2 saturated heterocycles. The molecule has 2 atom stereocenters. The lowest BCUT2D eigenvalue weighted by Gasteiger charge is -2.36. The highest BCUT2D eigenvalue weighted by molar-refractivity contribution is 5.79. The quantitative estimate of drug-likeness (QED) is 0.660. The van der Waals surface area contributed by atoms with E-state index in [-0.39, 0.29) is 5.91 Å². The number of nitrogens with one attached hydrogen (secondary N) is 1. The van der Waals surface area contributed by atoms with Gasteiger partial charge in [0, 0.05) is 26.2 Å². The van der Waals surface area contributed by atoms with E-state index in [0.717, 1.165) is 26.2 Å². The molecule has 2 aliphatic rings. The third kappa shape index (κ3) is 2.72. The molecule has 0 saturated carbocycles. The van der Waals surface area contributed by atoms with Gasteiger partial charge in [-0.3, -0.25) is 9.69 Å². The Labute approximate surface area is 96.3 Å². The average molecular weight is 227 g/mol. The second-order valence-corrected chi connectivity index (χ2v) is 5.23. The van der Waals surface area contributed by atoms with Crippen molar-refractivity contribution in [2.24, 2.45) is 11.1 Å². The Hall–Kier alpha value is -0.650. The highest BCUT2D eigenvalue weighted by Crippen LogP contribution is 2.26. The lowest BCUT2D eigenvalue weighted by Crippen LogP contribution is -2.51. The van der Waals surface area contributed by atoms with Crippen molar-refractivity contribution in [1.29, 1.82) is 0 Å². The van der Waals surface area contributed by atoms with Crippen molar-refractivity contribution in [2.45, 2.75) is 19.4 Å². The van der Waals surface area contributed by atoms with Crippen molar-refractivity contribution in [3.05, 3.63) is 0 Å². The SMILES string of the molecule is CC1(CN2CCOC(C(N)=O)C2)CCNC1. The zero-order valence-electron chi connectivity index (χ0n) is 9.87. The van der Waals surface area contributed by atoms with Crippen LogP contribution < -0.4 is 11.1 Å². The summed E-state index contributed by atoms with van der Waals surface area (Å²) in [7, 11) is 0.